The van der Waals surface area contributed by atoms with Crippen molar-refractivity contribution in [2.24, 2.45) is 0 Å². The second kappa shape index (κ2) is 14.6. The number of aromatic nitrogens is 4. The third-order valence-corrected chi connectivity index (χ3v) is 14.9. The first kappa shape index (κ1) is 38.6. The number of anilines is 2. The highest BCUT2D eigenvalue weighted by atomic mass is 28.4. The van der Waals surface area contributed by atoms with Crippen LogP contribution in [0.4, 0.5) is 16.4 Å². The molecule has 0 radical (unpaired) electrons. The summed E-state index contributed by atoms with van der Waals surface area (Å²) >= 11 is 0. The Morgan fingerprint density at radius 1 is 0.878 bits per heavy atom. The summed E-state index contributed by atoms with van der Waals surface area (Å²) in [5.74, 6) is 2.00. The van der Waals surface area contributed by atoms with Gasteiger partial charge in [-0.05, 0) is 104 Å². The van der Waals surface area contributed by atoms with Crippen LogP contribution in [0.1, 0.15) is 130 Å². The average Bonchev–Trinajstić information content (AvgIpc) is 3.77. The number of nitrogen functional groups attached to an aromatic ring is 1. The Morgan fingerprint density at radius 3 is 1.94 bits per heavy atom. The molecule has 49 heavy (non-hydrogen) atoms. The second-order valence-corrected chi connectivity index (χ2v) is 22.4. The maximum absolute atomic E-state index is 12.0. The van der Waals surface area contributed by atoms with Crippen LogP contribution in [0.2, 0.25) is 18.1 Å². The van der Waals surface area contributed by atoms with Crippen molar-refractivity contribution in [1.29, 1.82) is 0 Å². The molecule has 0 unspecified atom stereocenters. The van der Waals surface area contributed by atoms with Crippen LogP contribution in [0, 0.1) is 0 Å². The van der Waals surface area contributed by atoms with Gasteiger partial charge in [0.2, 0.25) is 0 Å². The van der Waals surface area contributed by atoms with Crippen molar-refractivity contribution >= 4 is 26.0 Å². The summed E-state index contributed by atoms with van der Waals surface area (Å²) in [6, 6.07) is 13.5. The standard InChI is InChI=1S/C20H27N3O3.C18H35N3OSi/c1-20(2,3)23-18(12-17(21-23)15-9-10-16(24)11-15)22(19(25)26)13-14-7-5-4-6-8-14;1-17(2,3)21-16(19)12-15(20-21)13-9-10-14(11-13)22-23(7,8)18(4,5)6/h4-8,12,15-16,24H,9-11,13H2,1-3H3,(H,25,26);12-14H,9-11,19H2,1-8H3/t15-,16+;13-,14+/m00/s1. The normalized spacial score (nSPS) is 21.8. The van der Waals surface area contributed by atoms with E-state index in [2.05, 4.69) is 60.7 Å². The Bertz CT molecular complexity index is 1550. The maximum atomic E-state index is 12.0. The quantitative estimate of drug-likeness (QED) is 0.211. The Hall–Kier alpha value is -3.15. The third-order valence-electron chi connectivity index (χ3n) is 10.3. The van der Waals surface area contributed by atoms with Gasteiger partial charge < -0.3 is 20.4 Å². The van der Waals surface area contributed by atoms with Crippen LogP contribution in [0.5, 0.6) is 0 Å². The second-order valence-electron chi connectivity index (χ2n) is 17.6. The molecule has 1 amide bonds. The smallest absolute Gasteiger partial charge is 0.413 e. The minimum Gasteiger partial charge on any atom is -0.465 e. The molecule has 2 aromatic heterocycles. The van der Waals surface area contributed by atoms with E-state index in [1.54, 1.807) is 4.68 Å². The molecule has 2 aliphatic rings. The van der Waals surface area contributed by atoms with E-state index in [4.69, 9.17) is 20.4 Å². The lowest BCUT2D eigenvalue weighted by atomic mass is 10.0. The van der Waals surface area contributed by atoms with Gasteiger partial charge in [0.1, 0.15) is 11.6 Å². The number of hydrogen-bond acceptors (Lipinski definition) is 6. The first-order valence-corrected chi connectivity index (χ1v) is 20.8. The molecule has 4 N–H and O–H groups in total. The van der Waals surface area contributed by atoms with Gasteiger partial charge in [0.15, 0.2) is 8.32 Å². The molecule has 3 aromatic rings. The number of amides is 1. The molecule has 2 aliphatic carbocycles. The molecule has 2 heterocycles. The number of hydrogen-bond donors (Lipinski definition) is 3. The highest BCUT2D eigenvalue weighted by Crippen LogP contribution is 2.43. The van der Waals surface area contributed by atoms with Gasteiger partial charge in [-0.15, -0.1) is 0 Å². The van der Waals surface area contributed by atoms with Crippen LogP contribution in [0.3, 0.4) is 0 Å². The zero-order valence-corrected chi connectivity index (χ0v) is 32.8. The van der Waals surface area contributed by atoms with E-state index in [9.17, 15) is 15.0 Å². The molecule has 2 fully saturated rings. The molecule has 5 rings (SSSR count). The van der Waals surface area contributed by atoms with Gasteiger partial charge in [0.05, 0.1) is 35.1 Å². The van der Waals surface area contributed by atoms with Crippen molar-refractivity contribution in [1.82, 2.24) is 19.6 Å². The predicted octanol–water partition coefficient (Wildman–Crippen LogP) is 8.83. The van der Waals surface area contributed by atoms with Gasteiger partial charge in [0.25, 0.3) is 0 Å². The van der Waals surface area contributed by atoms with Crippen molar-refractivity contribution in [3.05, 3.63) is 59.4 Å². The summed E-state index contributed by atoms with van der Waals surface area (Å²) in [5.41, 5.74) is 8.67. The van der Waals surface area contributed by atoms with Gasteiger partial charge in [-0.1, -0.05) is 51.1 Å². The van der Waals surface area contributed by atoms with E-state index in [0.717, 1.165) is 54.9 Å². The first-order chi connectivity index (χ1) is 22.6. The van der Waals surface area contributed by atoms with E-state index in [1.165, 1.54) is 4.90 Å². The van der Waals surface area contributed by atoms with E-state index in [-0.39, 0.29) is 34.7 Å². The van der Waals surface area contributed by atoms with Crippen molar-refractivity contribution in [2.75, 3.05) is 10.6 Å². The summed E-state index contributed by atoms with van der Waals surface area (Å²) in [7, 11) is -1.69. The number of aliphatic hydroxyl groups is 1. The lowest BCUT2D eigenvalue weighted by Gasteiger charge is -2.38. The Kier molecular flexibility index (Phi) is 11.5. The lowest BCUT2D eigenvalue weighted by Crippen LogP contribution is -2.43. The van der Waals surface area contributed by atoms with Gasteiger partial charge in [-0.3, -0.25) is 4.90 Å². The Labute approximate surface area is 295 Å². The number of carbonyl (C=O) groups is 1. The zero-order valence-electron chi connectivity index (χ0n) is 31.8. The molecule has 0 bridgehead atoms. The van der Waals surface area contributed by atoms with Crippen LogP contribution in [-0.4, -0.2) is 56.4 Å². The van der Waals surface area contributed by atoms with Gasteiger partial charge in [0, 0.05) is 30.1 Å². The minimum absolute atomic E-state index is 0.0714. The summed E-state index contributed by atoms with van der Waals surface area (Å²) in [4.78, 5) is 13.4. The van der Waals surface area contributed by atoms with E-state index in [1.807, 2.05) is 61.9 Å². The molecule has 11 heteroatoms. The molecule has 0 spiro atoms. The van der Waals surface area contributed by atoms with Crippen molar-refractivity contribution in [3.63, 3.8) is 0 Å². The molecule has 272 valence electrons. The van der Waals surface area contributed by atoms with E-state index < -0.39 is 14.4 Å². The van der Waals surface area contributed by atoms with Crippen LogP contribution in [0.25, 0.3) is 0 Å². The fourth-order valence-corrected chi connectivity index (χ4v) is 7.98. The van der Waals surface area contributed by atoms with Crippen LogP contribution in [0.15, 0.2) is 42.5 Å². The fourth-order valence-electron chi connectivity index (χ4n) is 6.57. The molecular formula is C38H62N6O4Si. The summed E-state index contributed by atoms with van der Waals surface area (Å²) in [6.07, 6.45) is 4.80. The fraction of sp³-hybridized carbons (Fsp3) is 0.658. The summed E-state index contributed by atoms with van der Waals surface area (Å²) < 4.78 is 10.3. The van der Waals surface area contributed by atoms with Gasteiger partial charge in [-0.2, -0.15) is 10.2 Å². The van der Waals surface area contributed by atoms with Crippen molar-refractivity contribution in [2.45, 2.75) is 161 Å². The van der Waals surface area contributed by atoms with E-state index >= 15 is 0 Å². The molecule has 2 saturated carbocycles. The largest absolute Gasteiger partial charge is 0.465 e. The number of carboxylic acid groups (broad SMARTS) is 1. The van der Waals surface area contributed by atoms with Gasteiger partial charge >= 0.3 is 6.09 Å². The molecule has 0 saturated heterocycles. The number of aliphatic hydroxyl groups excluding tert-OH is 1. The number of nitrogens with zero attached hydrogens (tertiary/aromatic N) is 5. The van der Waals surface area contributed by atoms with Crippen LogP contribution < -0.4 is 10.6 Å². The van der Waals surface area contributed by atoms with Crippen LogP contribution in [-0.2, 0) is 22.0 Å². The Balaban J connectivity index is 0.000000223. The molecule has 1 aromatic carbocycles. The summed E-state index contributed by atoms with van der Waals surface area (Å²) in [6.45, 7) is 24.3. The molecule has 0 aliphatic heterocycles. The number of rotatable bonds is 7. The molecule has 10 nitrogen and oxygen atoms in total. The third kappa shape index (κ3) is 9.55. The molecular weight excluding hydrogens is 633 g/mol. The van der Waals surface area contributed by atoms with Crippen molar-refractivity contribution in [3.8, 4) is 0 Å². The molecule has 4 atom stereocenters. The highest BCUT2D eigenvalue weighted by Gasteiger charge is 2.41. The first-order valence-electron chi connectivity index (χ1n) is 17.9. The zero-order chi connectivity index (χ0) is 36.5. The number of nitrogens with two attached hydrogens (primary N) is 1. The maximum Gasteiger partial charge on any atom is 0.413 e. The van der Waals surface area contributed by atoms with Gasteiger partial charge in [-0.25, -0.2) is 14.2 Å². The van der Waals surface area contributed by atoms with Crippen molar-refractivity contribution < 1.29 is 19.4 Å². The SMILES string of the molecule is CC(C)(C)n1nc([C@H]2CC[C@@H](O)C2)cc1N(Cc1ccccc1)C(=O)O.CC(C)(C)n1nc([C@H]2CC[C@@H](O[Si](C)(C)C(C)(C)C)C2)cc1N. The summed E-state index contributed by atoms with van der Waals surface area (Å²) in [5, 5.41) is 29.5. The highest BCUT2D eigenvalue weighted by molar-refractivity contribution is 6.74. The lowest BCUT2D eigenvalue weighted by molar-refractivity contribution is 0.181. The number of benzene rings is 1. The topological polar surface area (TPSA) is 132 Å². The predicted molar refractivity (Wildman–Crippen MR) is 201 cm³/mol. The van der Waals surface area contributed by atoms with E-state index in [0.29, 0.717) is 24.3 Å². The van der Waals surface area contributed by atoms with Crippen LogP contribution >= 0.6 is 0 Å². The average molecular weight is 695 g/mol. The minimum atomic E-state index is -1.69. The monoisotopic (exact) mass is 694 g/mol. The Morgan fingerprint density at radius 2 is 1.43 bits per heavy atom.